The first-order chi connectivity index (χ1) is 14.5. The van der Waals surface area contributed by atoms with E-state index in [9.17, 15) is 0 Å². The predicted octanol–water partition coefficient (Wildman–Crippen LogP) is 5.10. The van der Waals surface area contributed by atoms with Gasteiger partial charge in [-0.25, -0.2) is 9.97 Å². The maximum atomic E-state index is 5.38. The Kier molecular flexibility index (Phi) is 5.27. The zero-order valence-corrected chi connectivity index (χ0v) is 18.0. The molecular formula is C25H26N4O. The Labute approximate surface area is 177 Å². The van der Waals surface area contributed by atoms with Crippen LogP contribution in [0.4, 0.5) is 11.4 Å². The molecule has 0 aliphatic heterocycles. The summed E-state index contributed by atoms with van der Waals surface area (Å²) in [6, 6.07) is 22.6. The molecule has 3 aromatic carbocycles. The van der Waals surface area contributed by atoms with Crippen molar-refractivity contribution in [3.63, 3.8) is 0 Å². The normalized spacial score (nSPS) is 10.8. The summed E-state index contributed by atoms with van der Waals surface area (Å²) in [6.45, 7) is 0. The van der Waals surface area contributed by atoms with Gasteiger partial charge in [-0.15, -0.1) is 0 Å². The van der Waals surface area contributed by atoms with Gasteiger partial charge in [-0.1, -0.05) is 24.3 Å². The standard InChI is InChI=1S/C25H26N4O/c1-28(2)19-10-6-17(7-11-19)24-25(18-8-12-20(13-9-18)29(3)4)27-23-16-21(30-5)14-15-22(23)26-24/h6-16H,1-5H3. The Bertz CT molecular complexity index is 1170. The molecular weight excluding hydrogens is 372 g/mol. The first-order valence-corrected chi connectivity index (χ1v) is 9.87. The van der Waals surface area contributed by atoms with Gasteiger partial charge in [0.2, 0.25) is 0 Å². The molecule has 0 aliphatic carbocycles. The van der Waals surface area contributed by atoms with E-state index in [0.717, 1.165) is 50.7 Å². The molecule has 152 valence electrons. The van der Waals surface area contributed by atoms with Crippen LogP contribution >= 0.6 is 0 Å². The Hall–Kier alpha value is -3.60. The minimum Gasteiger partial charge on any atom is -0.497 e. The lowest BCUT2D eigenvalue weighted by molar-refractivity contribution is 0.415. The second-order valence-electron chi connectivity index (χ2n) is 7.66. The molecule has 0 bridgehead atoms. The molecule has 0 saturated carbocycles. The van der Waals surface area contributed by atoms with Crippen LogP contribution in [0.25, 0.3) is 33.5 Å². The van der Waals surface area contributed by atoms with Crippen LogP contribution in [-0.2, 0) is 0 Å². The van der Waals surface area contributed by atoms with E-state index in [1.165, 1.54) is 0 Å². The lowest BCUT2D eigenvalue weighted by atomic mass is 10.0. The minimum atomic E-state index is 0.772. The molecule has 5 heteroatoms. The van der Waals surface area contributed by atoms with Gasteiger partial charge in [-0.3, -0.25) is 0 Å². The average Bonchev–Trinajstić information content (AvgIpc) is 2.78. The number of aromatic nitrogens is 2. The number of nitrogens with zero attached hydrogens (tertiary/aromatic N) is 4. The summed E-state index contributed by atoms with van der Waals surface area (Å²) < 4.78 is 5.38. The number of methoxy groups -OCH3 is 1. The molecule has 0 radical (unpaired) electrons. The third-order valence-corrected chi connectivity index (χ3v) is 5.19. The molecule has 0 saturated heterocycles. The number of hydrogen-bond acceptors (Lipinski definition) is 5. The lowest BCUT2D eigenvalue weighted by Gasteiger charge is -2.16. The SMILES string of the molecule is COc1ccc2nc(-c3ccc(N(C)C)cc3)c(-c3ccc(N(C)C)cc3)nc2c1. The molecule has 0 aliphatic rings. The second kappa shape index (κ2) is 8.03. The van der Waals surface area contributed by atoms with Crippen molar-refractivity contribution in [1.82, 2.24) is 9.97 Å². The number of ether oxygens (including phenoxy) is 1. The molecule has 30 heavy (non-hydrogen) atoms. The van der Waals surface area contributed by atoms with Crippen LogP contribution in [0.3, 0.4) is 0 Å². The Balaban J connectivity index is 1.91. The van der Waals surface area contributed by atoms with E-state index < -0.39 is 0 Å². The van der Waals surface area contributed by atoms with Crippen LogP contribution in [0, 0.1) is 0 Å². The maximum Gasteiger partial charge on any atom is 0.121 e. The molecule has 4 aromatic rings. The quantitative estimate of drug-likeness (QED) is 0.468. The van der Waals surface area contributed by atoms with Gasteiger partial charge in [0.05, 0.1) is 29.5 Å². The molecule has 0 unspecified atom stereocenters. The van der Waals surface area contributed by atoms with Crippen molar-refractivity contribution in [2.24, 2.45) is 0 Å². The van der Waals surface area contributed by atoms with E-state index in [1.54, 1.807) is 7.11 Å². The summed E-state index contributed by atoms with van der Waals surface area (Å²) in [5, 5.41) is 0. The van der Waals surface area contributed by atoms with Gasteiger partial charge in [-0.2, -0.15) is 0 Å². The van der Waals surface area contributed by atoms with Gasteiger partial charge in [0.15, 0.2) is 0 Å². The number of fused-ring (bicyclic) bond motifs is 1. The van der Waals surface area contributed by atoms with Gasteiger partial charge >= 0.3 is 0 Å². The summed E-state index contributed by atoms with van der Waals surface area (Å²) >= 11 is 0. The first-order valence-electron chi connectivity index (χ1n) is 9.87. The van der Waals surface area contributed by atoms with Crippen molar-refractivity contribution in [2.75, 3.05) is 45.1 Å². The average molecular weight is 399 g/mol. The molecule has 0 N–H and O–H groups in total. The summed E-state index contributed by atoms with van der Waals surface area (Å²) in [7, 11) is 9.81. The Morgan fingerprint density at radius 1 is 0.600 bits per heavy atom. The first kappa shape index (κ1) is 19.7. The number of rotatable bonds is 5. The molecule has 1 heterocycles. The van der Waals surface area contributed by atoms with Gasteiger partial charge < -0.3 is 14.5 Å². The fourth-order valence-corrected chi connectivity index (χ4v) is 3.40. The monoisotopic (exact) mass is 398 g/mol. The Morgan fingerprint density at radius 2 is 1.07 bits per heavy atom. The molecule has 0 fully saturated rings. The van der Waals surface area contributed by atoms with Gasteiger partial charge in [0.1, 0.15) is 5.75 Å². The lowest BCUT2D eigenvalue weighted by Crippen LogP contribution is -2.08. The molecule has 1 aromatic heterocycles. The summed E-state index contributed by atoms with van der Waals surface area (Å²) in [6.07, 6.45) is 0. The highest BCUT2D eigenvalue weighted by Gasteiger charge is 2.14. The van der Waals surface area contributed by atoms with Crippen molar-refractivity contribution >= 4 is 22.4 Å². The van der Waals surface area contributed by atoms with Crippen molar-refractivity contribution in [2.45, 2.75) is 0 Å². The fourth-order valence-electron chi connectivity index (χ4n) is 3.40. The summed E-state index contributed by atoms with van der Waals surface area (Å²) in [5.41, 5.74) is 7.75. The summed E-state index contributed by atoms with van der Waals surface area (Å²) in [4.78, 5) is 14.2. The fraction of sp³-hybridized carbons (Fsp3) is 0.200. The molecule has 0 atom stereocenters. The zero-order chi connectivity index (χ0) is 21.3. The third kappa shape index (κ3) is 3.79. The minimum absolute atomic E-state index is 0.772. The van der Waals surface area contributed by atoms with Crippen molar-refractivity contribution in [3.05, 3.63) is 66.7 Å². The smallest absolute Gasteiger partial charge is 0.121 e. The molecule has 4 rings (SSSR count). The van der Waals surface area contributed by atoms with Gasteiger partial charge in [0, 0.05) is 56.8 Å². The highest BCUT2D eigenvalue weighted by Crippen LogP contribution is 2.33. The zero-order valence-electron chi connectivity index (χ0n) is 18.0. The predicted molar refractivity (Wildman–Crippen MR) is 126 cm³/mol. The van der Waals surface area contributed by atoms with Crippen LogP contribution in [0.5, 0.6) is 5.75 Å². The highest BCUT2D eigenvalue weighted by molar-refractivity contribution is 5.87. The van der Waals surface area contributed by atoms with E-state index >= 15 is 0 Å². The van der Waals surface area contributed by atoms with E-state index in [-0.39, 0.29) is 0 Å². The largest absolute Gasteiger partial charge is 0.497 e. The molecule has 0 amide bonds. The number of anilines is 2. The van der Waals surface area contributed by atoms with Gasteiger partial charge in [0.25, 0.3) is 0 Å². The number of hydrogen-bond donors (Lipinski definition) is 0. The van der Waals surface area contributed by atoms with E-state index in [1.807, 2.05) is 46.4 Å². The van der Waals surface area contributed by atoms with Crippen LogP contribution in [0.15, 0.2) is 66.7 Å². The van der Waals surface area contributed by atoms with Crippen molar-refractivity contribution < 1.29 is 4.74 Å². The van der Waals surface area contributed by atoms with Crippen molar-refractivity contribution in [3.8, 4) is 28.3 Å². The third-order valence-electron chi connectivity index (χ3n) is 5.19. The van der Waals surface area contributed by atoms with Gasteiger partial charge in [-0.05, 0) is 36.4 Å². The van der Waals surface area contributed by atoms with Crippen LogP contribution < -0.4 is 14.5 Å². The molecule has 5 nitrogen and oxygen atoms in total. The topological polar surface area (TPSA) is 41.5 Å². The summed E-state index contributed by atoms with van der Waals surface area (Å²) in [5.74, 6) is 0.772. The number of benzene rings is 3. The Morgan fingerprint density at radius 3 is 1.50 bits per heavy atom. The highest BCUT2D eigenvalue weighted by atomic mass is 16.5. The van der Waals surface area contributed by atoms with E-state index in [2.05, 4.69) is 58.3 Å². The molecule has 0 spiro atoms. The van der Waals surface area contributed by atoms with Crippen LogP contribution in [0.2, 0.25) is 0 Å². The van der Waals surface area contributed by atoms with Crippen LogP contribution in [0.1, 0.15) is 0 Å². The maximum absolute atomic E-state index is 5.38. The van der Waals surface area contributed by atoms with Crippen LogP contribution in [-0.4, -0.2) is 45.3 Å². The van der Waals surface area contributed by atoms with Crippen molar-refractivity contribution in [1.29, 1.82) is 0 Å². The van der Waals surface area contributed by atoms with E-state index in [4.69, 9.17) is 14.7 Å². The van der Waals surface area contributed by atoms with E-state index in [0.29, 0.717) is 0 Å². The second-order valence-corrected chi connectivity index (χ2v) is 7.66.